The first-order valence-corrected chi connectivity index (χ1v) is 7.04. The molecule has 1 aromatic heterocycles. The number of aromatic nitrogens is 2. The van der Waals surface area contributed by atoms with E-state index in [0.717, 1.165) is 16.5 Å². The number of aromatic amines is 1. The van der Waals surface area contributed by atoms with Crippen molar-refractivity contribution in [2.75, 3.05) is 11.9 Å². The van der Waals surface area contributed by atoms with Gasteiger partial charge in [0.1, 0.15) is 5.02 Å². The van der Waals surface area contributed by atoms with Gasteiger partial charge in [0, 0.05) is 16.0 Å². The summed E-state index contributed by atoms with van der Waals surface area (Å²) in [7, 11) is 0. The summed E-state index contributed by atoms with van der Waals surface area (Å²) >= 11 is 15.3. The third-order valence-electron chi connectivity index (χ3n) is 2.51. The van der Waals surface area contributed by atoms with Crippen LogP contribution in [0.1, 0.15) is 5.56 Å². The second kappa shape index (κ2) is 6.41. The second-order valence-corrected chi connectivity index (χ2v) is 5.51. The first kappa shape index (κ1) is 14.4. The fourth-order valence-corrected chi connectivity index (χ4v) is 2.37. The predicted octanol–water partition coefficient (Wildman–Crippen LogP) is 3.49. The zero-order valence-corrected chi connectivity index (χ0v) is 12.8. The average molecular weight is 363 g/mol. The van der Waals surface area contributed by atoms with Gasteiger partial charge < -0.3 is 5.32 Å². The van der Waals surface area contributed by atoms with Crippen LogP contribution in [0.15, 0.2) is 33.7 Å². The minimum absolute atomic E-state index is 0.111. The highest BCUT2D eigenvalue weighted by Crippen LogP contribution is 2.22. The summed E-state index contributed by atoms with van der Waals surface area (Å²) in [6, 6.07) is 5.62. The standard InChI is InChI=1S/C12H10BrCl2N3O/c13-9-2-1-8(14)5-7(9)3-4-16-10-6-17-18-12(19)11(10)15/h1-2,5-6H,3-4H2,(H2,16,18,19). The number of nitrogens with zero attached hydrogens (tertiary/aromatic N) is 1. The van der Waals surface area contributed by atoms with Gasteiger partial charge in [-0.1, -0.05) is 39.1 Å². The maximum Gasteiger partial charge on any atom is 0.285 e. The Bertz CT molecular complexity index is 645. The minimum atomic E-state index is -0.407. The van der Waals surface area contributed by atoms with Gasteiger partial charge in [0.15, 0.2) is 0 Å². The molecule has 0 radical (unpaired) electrons. The lowest BCUT2D eigenvalue weighted by Gasteiger charge is -2.08. The molecule has 0 unspecified atom stereocenters. The Kier molecular flexibility index (Phi) is 4.85. The predicted molar refractivity (Wildman–Crippen MR) is 81.2 cm³/mol. The van der Waals surface area contributed by atoms with Gasteiger partial charge in [-0.25, -0.2) is 5.10 Å². The highest BCUT2D eigenvalue weighted by Gasteiger charge is 2.05. The molecule has 2 rings (SSSR count). The Balaban J connectivity index is 2.02. The zero-order valence-electron chi connectivity index (χ0n) is 9.71. The fourth-order valence-electron chi connectivity index (χ4n) is 1.57. The first-order chi connectivity index (χ1) is 9.08. The molecule has 0 aliphatic rings. The van der Waals surface area contributed by atoms with Gasteiger partial charge in [-0.3, -0.25) is 4.79 Å². The number of hydrogen-bond donors (Lipinski definition) is 2. The molecule has 1 aromatic carbocycles. The van der Waals surface area contributed by atoms with E-state index in [1.165, 1.54) is 6.20 Å². The van der Waals surface area contributed by atoms with Crippen LogP contribution in [-0.2, 0) is 6.42 Å². The number of nitrogens with one attached hydrogen (secondary N) is 2. The second-order valence-electron chi connectivity index (χ2n) is 3.84. The molecular formula is C12H10BrCl2N3O. The van der Waals surface area contributed by atoms with Crippen molar-refractivity contribution in [2.24, 2.45) is 0 Å². The van der Waals surface area contributed by atoms with Gasteiger partial charge in [0.05, 0.1) is 11.9 Å². The van der Waals surface area contributed by atoms with E-state index in [0.29, 0.717) is 17.3 Å². The number of rotatable bonds is 4. The van der Waals surface area contributed by atoms with Crippen molar-refractivity contribution in [3.05, 3.63) is 54.8 Å². The van der Waals surface area contributed by atoms with Crippen LogP contribution < -0.4 is 10.9 Å². The van der Waals surface area contributed by atoms with Crippen molar-refractivity contribution >= 4 is 44.8 Å². The largest absolute Gasteiger partial charge is 0.382 e. The normalized spacial score (nSPS) is 10.5. The molecule has 0 aliphatic carbocycles. The van der Waals surface area contributed by atoms with E-state index in [1.807, 2.05) is 18.2 Å². The molecule has 0 spiro atoms. The number of H-pyrrole nitrogens is 1. The van der Waals surface area contributed by atoms with Crippen molar-refractivity contribution in [3.63, 3.8) is 0 Å². The third-order valence-corrected chi connectivity index (χ3v) is 3.90. The van der Waals surface area contributed by atoms with Gasteiger partial charge >= 0.3 is 0 Å². The van der Waals surface area contributed by atoms with Crippen LogP contribution in [0.25, 0.3) is 0 Å². The molecule has 4 nitrogen and oxygen atoms in total. The highest BCUT2D eigenvalue weighted by molar-refractivity contribution is 9.10. The van der Waals surface area contributed by atoms with Gasteiger partial charge in [-0.15, -0.1) is 0 Å². The molecule has 19 heavy (non-hydrogen) atoms. The summed E-state index contributed by atoms with van der Waals surface area (Å²) in [4.78, 5) is 11.3. The number of anilines is 1. The summed E-state index contributed by atoms with van der Waals surface area (Å²) in [5.41, 5.74) is 1.19. The van der Waals surface area contributed by atoms with Gasteiger partial charge in [-0.05, 0) is 30.2 Å². The van der Waals surface area contributed by atoms with Crippen molar-refractivity contribution < 1.29 is 0 Å². The van der Waals surface area contributed by atoms with Crippen molar-refractivity contribution in [1.82, 2.24) is 10.2 Å². The molecule has 0 aliphatic heterocycles. The van der Waals surface area contributed by atoms with E-state index in [9.17, 15) is 4.79 Å². The molecule has 0 saturated heterocycles. The molecule has 7 heteroatoms. The highest BCUT2D eigenvalue weighted by atomic mass is 79.9. The Morgan fingerprint density at radius 1 is 1.37 bits per heavy atom. The Hall–Kier alpha value is -1.04. The SMILES string of the molecule is O=c1[nH]ncc(NCCc2cc(Cl)ccc2Br)c1Cl. The Morgan fingerprint density at radius 3 is 2.95 bits per heavy atom. The molecule has 0 saturated carbocycles. The van der Waals surface area contributed by atoms with Crippen molar-refractivity contribution in [1.29, 1.82) is 0 Å². The molecule has 1 heterocycles. The topological polar surface area (TPSA) is 57.8 Å². The molecule has 2 aromatic rings. The quantitative estimate of drug-likeness (QED) is 0.875. The van der Waals surface area contributed by atoms with Crippen LogP contribution in [0, 0.1) is 0 Å². The van der Waals surface area contributed by atoms with Gasteiger partial charge in [0.25, 0.3) is 5.56 Å². The van der Waals surface area contributed by atoms with E-state index in [1.54, 1.807) is 0 Å². The van der Waals surface area contributed by atoms with E-state index in [2.05, 4.69) is 31.4 Å². The molecule has 0 amide bonds. The van der Waals surface area contributed by atoms with Gasteiger partial charge in [-0.2, -0.15) is 5.10 Å². The van der Waals surface area contributed by atoms with E-state index in [4.69, 9.17) is 23.2 Å². The minimum Gasteiger partial charge on any atom is -0.382 e. The fraction of sp³-hybridized carbons (Fsp3) is 0.167. The van der Waals surface area contributed by atoms with Crippen LogP contribution in [0.4, 0.5) is 5.69 Å². The molecule has 0 atom stereocenters. The van der Waals surface area contributed by atoms with Gasteiger partial charge in [0.2, 0.25) is 0 Å². The van der Waals surface area contributed by atoms with E-state index < -0.39 is 5.56 Å². The average Bonchev–Trinajstić information content (AvgIpc) is 2.38. The molecule has 2 N–H and O–H groups in total. The lowest BCUT2D eigenvalue weighted by molar-refractivity contribution is 0.967. The monoisotopic (exact) mass is 361 g/mol. The first-order valence-electron chi connectivity index (χ1n) is 5.49. The third kappa shape index (κ3) is 3.72. The summed E-state index contributed by atoms with van der Waals surface area (Å²) in [6.07, 6.45) is 2.22. The zero-order chi connectivity index (χ0) is 13.8. The van der Waals surface area contributed by atoms with Crippen LogP contribution in [0.5, 0.6) is 0 Å². The summed E-state index contributed by atoms with van der Waals surface area (Å²) in [6.45, 7) is 0.615. The summed E-state index contributed by atoms with van der Waals surface area (Å²) < 4.78 is 0.994. The lowest BCUT2D eigenvalue weighted by Crippen LogP contribution is -2.13. The van der Waals surface area contributed by atoms with Crippen molar-refractivity contribution in [3.8, 4) is 0 Å². The van der Waals surface area contributed by atoms with Crippen LogP contribution in [0.3, 0.4) is 0 Å². The van der Waals surface area contributed by atoms with E-state index >= 15 is 0 Å². The maximum atomic E-state index is 11.3. The van der Waals surface area contributed by atoms with E-state index in [-0.39, 0.29) is 5.02 Å². The van der Waals surface area contributed by atoms with Crippen molar-refractivity contribution in [2.45, 2.75) is 6.42 Å². The van der Waals surface area contributed by atoms with Crippen LogP contribution in [0.2, 0.25) is 10.0 Å². The lowest BCUT2D eigenvalue weighted by atomic mass is 10.1. The maximum absolute atomic E-state index is 11.3. The molecule has 0 fully saturated rings. The van der Waals surface area contributed by atoms with Crippen LogP contribution >= 0.6 is 39.1 Å². The number of halogens is 3. The number of benzene rings is 1. The molecule has 0 bridgehead atoms. The Labute approximate surface area is 128 Å². The van der Waals surface area contributed by atoms with Crippen LogP contribution in [-0.4, -0.2) is 16.7 Å². The summed E-state index contributed by atoms with van der Waals surface area (Å²) in [5.74, 6) is 0. The molecular weight excluding hydrogens is 353 g/mol. The smallest absolute Gasteiger partial charge is 0.285 e. The molecule has 100 valence electrons. The summed E-state index contributed by atoms with van der Waals surface area (Å²) in [5, 5.41) is 9.82. The number of hydrogen-bond acceptors (Lipinski definition) is 3. The Morgan fingerprint density at radius 2 is 2.16 bits per heavy atom.